The lowest BCUT2D eigenvalue weighted by atomic mass is 9.85. The molecule has 1 amide bonds. The van der Waals surface area contributed by atoms with Crippen molar-refractivity contribution in [1.82, 2.24) is 5.32 Å². The number of carbonyl (C=O) groups is 3. The number of hydrogen-bond acceptors (Lipinski definition) is 5. The Morgan fingerprint density at radius 2 is 1.66 bits per heavy atom. The van der Waals surface area contributed by atoms with E-state index in [4.69, 9.17) is 5.73 Å². The number of carboxylic acids is 1. The highest BCUT2D eigenvalue weighted by atomic mass is 35.5. The van der Waals surface area contributed by atoms with E-state index in [1.807, 2.05) is 20.8 Å². The van der Waals surface area contributed by atoms with Gasteiger partial charge >= 0.3 is 5.97 Å². The van der Waals surface area contributed by atoms with Gasteiger partial charge in [0.2, 0.25) is 5.91 Å². The van der Waals surface area contributed by atoms with Crippen molar-refractivity contribution in [3.63, 3.8) is 0 Å². The molecule has 1 unspecified atom stereocenters. The van der Waals surface area contributed by atoms with Gasteiger partial charge in [-0.2, -0.15) is 0 Å². The van der Waals surface area contributed by atoms with Gasteiger partial charge in [-0.25, -0.2) is 0 Å². The Morgan fingerprint density at radius 3 is 2.10 bits per heavy atom. The molecule has 0 aliphatic heterocycles. The summed E-state index contributed by atoms with van der Waals surface area (Å²) in [6.45, 7) is 7.30. The number of halogens is 1. The molecule has 1 aromatic rings. The van der Waals surface area contributed by atoms with Gasteiger partial charge in [-0.1, -0.05) is 46.2 Å². The van der Waals surface area contributed by atoms with E-state index in [-0.39, 0.29) is 48.6 Å². The molecule has 0 fully saturated rings. The lowest BCUT2D eigenvalue weighted by molar-refractivity contribution is -0.146. The van der Waals surface area contributed by atoms with Gasteiger partial charge in [0.1, 0.15) is 5.75 Å². The summed E-state index contributed by atoms with van der Waals surface area (Å²) in [7, 11) is 0. The molecule has 7 nitrogen and oxygen atoms in total. The number of aromatic hydroxyl groups is 1. The van der Waals surface area contributed by atoms with Gasteiger partial charge in [-0.15, -0.1) is 12.4 Å². The van der Waals surface area contributed by atoms with E-state index in [2.05, 4.69) is 5.32 Å². The number of aliphatic carboxylic acids is 1. The SMILES string of the molecule is CCC(C)[C@H](CC(=O)[C@H](Cc1ccc(O)cc1)NC(=O)[C@@H](N)C(C)C)C(=O)O.Cl. The van der Waals surface area contributed by atoms with Crippen molar-refractivity contribution in [1.29, 1.82) is 0 Å². The summed E-state index contributed by atoms with van der Waals surface area (Å²) in [6, 6.07) is 4.67. The van der Waals surface area contributed by atoms with E-state index < -0.39 is 29.9 Å². The molecule has 0 bridgehead atoms. The van der Waals surface area contributed by atoms with Crippen molar-refractivity contribution in [2.24, 2.45) is 23.5 Å². The molecular formula is C21H33ClN2O5. The highest BCUT2D eigenvalue weighted by molar-refractivity contribution is 5.93. The van der Waals surface area contributed by atoms with Crippen LogP contribution < -0.4 is 11.1 Å². The second-order valence-electron chi connectivity index (χ2n) is 7.70. The first-order valence-corrected chi connectivity index (χ1v) is 9.66. The third kappa shape index (κ3) is 8.41. The van der Waals surface area contributed by atoms with Gasteiger partial charge in [-0.3, -0.25) is 14.4 Å². The fourth-order valence-electron chi connectivity index (χ4n) is 2.86. The summed E-state index contributed by atoms with van der Waals surface area (Å²) >= 11 is 0. The summed E-state index contributed by atoms with van der Waals surface area (Å²) in [5.74, 6) is -2.78. The lowest BCUT2D eigenvalue weighted by Gasteiger charge is -2.24. The number of nitrogens with two attached hydrogens (primary N) is 1. The first-order chi connectivity index (χ1) is 13.1. The van der Waals surface area contributed by atoms with Crippen LogP contribution in [0.25, 0.3) is 0 Å². The maximum Gasteiger partial charge on any atom is 0.307 e. The fraction of sp³-hybridized carbons (Fsp3) is 0.571. The summed E-state index contributed by atoms with van der Waals surface area (Å²) in [5.41, 5.74) is 6.63. The number of Topliss-reactive ketones (excluding diaryl/α,β-unsaturated/α-hetero) is 1. The average Bonchev–Trinajstić information content (AvgIpc) is 2.65. The Bertz CT molecular complexity index is 678. The van der Waals surface area contributed by atoms with Crippen LogP contribution in [0.1, 0.15) is 46.1 Å². The van der Waals surface area contributed by atoms with Crippen LogP contribution in [0.3, 0.4) is 0 Å². The molecule has 5 N–H and O–H groups in total. The molecule has 0 aliphatic rings. The van der Waals surface area contributed by atoms with Crippen LogP contribution in [0.4, 0.5) is 0 Å². The van der Waals surface area contributed by atoms with Crippen LogP contribution in [0, 0.1) is 17.8 Å². The molecule has 0 heterocycles. The van der Waals surface area contributed by atoms with Crippen molar-refractivity contribution in [2.45, 2.75) is 59.0 Å². The van der Waals surface area contributed by atoms with E-state index >= 15 is 0 Å². The molecule has 0 saturated heterocycles. The Labute approximate surface area is 178 Å². The molecule has 0 aliphatic carbocycles. The zero-order valence-electron chi connectivity index (χ0n) is 17.4. The number of carbonyl (C=O) groups excluding carboxylic acids is 2. The molecule has 0 spiro atoms. The molecular weight excluding hydrogens is 396 g/mol. The molecule has 4 atom stereocenters. The quantitative estimate of drug-likeness (QED) is 0.428. The molecule has 8 heteroatoms. The highest BCUT2D eigenvalue weighted by Gasteiger charge is 2.31. The third-order valence-electron chi connectivity index (χ3n) is 5.17. The van der Waals surface area contributed by atoms with Crippen molar-refractivity contribution < 1.29 is 24.6 Å². The van der Waals surface area contributed by atoms with E-state index in [0.29, 0.717) is 6.42 Å². The molecule has 164 valence electrons. The lowest BCUT2D eigenvalue weighted by Crippen LogP contribution is -2.51. The number of phenols is 1. The molecule has 0 aromatic heterocycles. The fourth-order valence-corrected chi connectivity index (χ4v) is 2.86. The molecule has 29 heavy (non-hydrogen) atoms. The minimum Gasteiger partial charge on any atom is -0.508 e. The van der Waals surface area contributed by atoms with Gasteiger partial charge in [0.05, 0.1) is 18.0 Å². The summed E-state index contributed by atoms with van der Waals surface area (Å²) in [5, 5.41) is 21.6. The smallest absolute Gasteiger partial charge is 0.307 e. The predicted octanol–water partition coefficient (Wildman–Crippen LogP) is 2.53. The maximum absolute atomic E-state index is 12.9. The van der Waals surface area contributed by atoms with Crippen molar-refractivity contribution >= 4 is 30.1 Å². The standard InChI is InChI=1S/C21H32N2O5.ClH/c1-5-13(4)16(21(27)28)11-18(25)17(23-20(26)19(22)12(2)3)10-14-6-8-15(24)9-7-14;/h6-9,12-13,16-17,19,24H,5,10-11,22H2,1-4H3,(H,23,26)(H,27,28);1H/t13?,16-,17-,19-;/m0./s1. The van der Waals surface area contributed by atoms with Gasteiger partial charge in [0.15, 0.2) is 5.78 Å². The minimum atomic E-state index is -1.02. The Kier molecular flexibility index (Phi) is 11.5. The molecule has 0 saturated carbocycles. The molecule has 0 radical (unpaired) electrons. The van der Waals surface area contributed by atoms with E-state index in [1.165, 1.54) is 12.1 Å². The second-order valence-corrected chi connectivity index (χ2v) is 7.70. The Morgan fingerprint density at radius 1 is 1.10 bits per heavy atom. The van der Waals surface area contributed by atoms with Crippen molar-refractivity contribution in [3.05, 3.63) is 29.8 Å². The van der Waals surface area contributed by atoms with Crippen molar-refractivity contribution in [2.75, 3.05) is 0 Å². The monoisotopic (exact) mass is 428 g/mol. The number of carboxylic acid groups (broad SMARTS) is 1. The number of amides is 1. The zero-order valence-corrected chi connectivity index (χ0v) is 18.2. The highest BCUT2D eigenvalue weighted by Crippen LogP contribution is 2.21. The van der Waals surface area contributed by atoms with Gasteiger partial charge < -0.3 is 21.3 Å². The summed E-state index contributed by atoms with van der Waals surface area (Å²) in [6.07, 6.45) is 0.671. The normalized spacial score (nSPS) is 15.0. The number of nitrogens with one attached hydrogen (secondary N) is 1. The number of rotatable bonds is 11. The largest absolute Gasteiger partial charge is 0.508 e. The Balaban J connectivity index is 0.00000784. The Hall–Kier alpha value is -2.12. The first kappa shape index (κ1) is 26.9. The van der Waals surface area contributed by atoms with Crippen LogP contribution in [-0.2, 0) is 20.8 Å². The summed E-state index contributed by atoms with van der Waals surface area (Å²) in [4.78, 5) is 36.9. The number of ketones is 1. The summed E-state index contributed by atoms with van der Waals surface area (Å²) < 4.78 is 0. The van der Waals surface area contributed by atoms with E-state index in [0.717, 1.165) is 5.56 Å². The number of phenolic OH excluding ortho intramolecular Hbond substituents is 1. The first-order valence-electron chi connectivity index (χ1n) is 9.66. The second kappa shape index (κ2) is 12.4. The maximum atomic E-state index is 12.9. The van der Waals surface area contributed by atoms with E-state index in [9.17, 15) is 24.6 Å². The number of benzene rings is 1. The molecule has 1 rings (SSSR count). The van der Waals surface area contributed by atoms with Crippen LogP contribution >= 0.6 is 12.4 Å². The third-order valence-corrected chi connectivity index (χ3v) is 5.17. The molecule has 1 aromatic carbocycles. The van der Waals surface area contributed by atoms with Crippen LogP contribution in [0.5, 0.6) is 5.75 Å². The van der Waals surface area contributed by atoms with Crippen molar-refractivity contribution in [3.8, 4) is 5.75 Å². The van der Waals surface area contributed by atoms with E-state index in [1.54, 1.807) is 19.1 Å². The number of hydrogen-bond donors (Lipinski definition) is 4. The van der Waals surface area contributed by atoms with Gasteiger partial charge in [0.25, 0.3) is 0 Å². The van der Waals surface area contributed by atoms with Crippen LogP contribution in [-0.4, -0.2) is 40.0 Å². The average molecular weight is 429 g/mol. The predicted molar refractivity (Wildman–Crippen MR) is 114 cm³/mol. The zero-order chi connectivity index (χ0) is 21.4. The topological polar surface area (TPSA) is 130 Å². The minimum absolute atomic E-state index is 0. The van der Waals surface area contributed by atoms with Gasteiger partial charge in [-0.05, 0) is 36.0 Å². The van der Waals surface area contributed by atoms with Gasteiger partial charge in [0, 0.05) is 6.42 Å². The van der Waals surface area contributed by atoms with Crippen LogP contribution in [0.2, 0.25) is 0 Å². The van der Waals surface area contributed by atoms with Crippen LogP contribution in [0.15, 0.2) is 24.3 Å².